The lowest BCUT2D eigenvalue weighted by Crippen LogP contribution is -2.31. The molecule has 3 rings (SSSR count). The third-order valence-corrected chi connectivity index (χ3v) is 2.82. The summed E-state index contributed by atoms with van der Waals surface area (Å²) in [5.74, 6) is -2.19. The van der Waals surface area contributed by atoms with Gasteiger partial charge in [-0.05, 0) is 36.4 Å². The van der Waals surface area contributed by atoms with Gasteiger partial charge in [-0.2, -0.15) is 0 Å². The number of hydrogen-bond acceptors (Lipinski definition) is 3. The highest BCUT2D eigenvalue weighted by Gasteiger charge is 2.12. The van der Waals surface area contributed by atoms with Crippen molar-refractivity contribution in [2.45, 2.75) is 0 Å². The molecule has 0 aliphatic rings. The number of hydrogen-bond donors (Lipinski definition) is 0. The molecule has 20 heavy (non-hydrogen) atoms. The van der Waals surface area contributed by atoms with Crippen LogP contribution in [0.4, 0.5) is 8.78 Å². The van der Waals surface area contributed by atoms with Crippen molar-refractivity contribution in [3.05, 3.63) is 75.0 Å². The molecule has 0 saturated carbocycles. The molecule has 0 radical (unpaired) electrons. The summed E-state index contributed by atoms with van der Waals surface area (Å²) in [5.41, 5.74) is -0.759. The summed E-state index contributed by atoms with van der Waals surface area (Å²) in [5, 5.41) is -0.0890. The van der Waals surface area contributed by atoms with E-state index in [2.05, 4.69) is 0 Å². The number of aromatic nitrogens is 1. The Balaban J connectivity index is 2.42. The summed E-state index contributed by atoms with van der Waals surface area (Å²) in [6.07, 6.45) is 0. The van der Waals surface area contributed by atoms with Crippen LogP contribution >= 0.6 is 0 Å². The lowest BCUT2D eigenvalue weighted by atomic mass is 10.2. The summed E-state index contributed by atoms with van der Waals surface area (Å²) in [7, 11) is 0. The maximum absolute atomic E-state index is 13.2. The normalized spacial score (nSPS) is 10.9. The molecule has 6 heteroatoms. The zero-order valence-corrected chi connectivity index (χ0v) is 9.97. The van der Waals surface area contributed by atoms with Gasteiger partial charge in [-0.3, -0.25) is 4.79 Å². The number of halogens is 2. The molecule has 2 aromatic carbocycles. The Bertz CT molecular complexity index is 928. The third kappa shape index (κ3) is 1.91. The Morgan fingerprint density at radius 1 is 0.950 bits per heavy atom. The van der Waals surface area contributed by atoms with Gasteiger partial charge < -0.3 is 4.42 Å². The van der Waals surface area contributed by atoms with E-state index in [1.54, 1.807) is 0 Å². The van der Waals surface area contributed by atoms with Crippen LogP contribution in [0.1, 0.15) is 0 Å². The van der Waals surface area contributed by atoms with Crippen molar-refractivity contribution in [1.29, 1.82) is 0 Å². The van der Waals surface area contributed by atoms with E-state index in [9.17, 15) is 18.4 Å². The molecule has 0 amide bonds. The molecule has 0 unspecified atom stereocenters. The van der Waals surface area contributed by atoms with Gasteiger partial charge in [0.25, 0.3) is 5.56 Å². The monoisotopic (exact) mass is 275 g/mol. The fourth-order valence-corrected chi connectivity index (χ4v) is 1.94. The highest BCUT2D eigenvalue weighted by molar-refractivity contribution is 5.75. The molecule has 0 aliphatic heterocycles. The average Bonchev–Trinajstić information content (AvgIpc) is 2.40. The Hall–Kier alpha value is -2.76. The topological polar surface area (TPSA) is 52.2 Å². The van der Waals surface area contributed by atoms with Crippen molar-refractivity contribution in [1.82, 2.24) is 4.57 Å². The van der Waals surface area contributed by atoms with Crippen molar-refractivity contribution < 1.29 is 13.2 Å². The summed E-state index contributed by atoms with van der Waals surface area (Å²) in [6, 6.07) is 8.18. The highest BCUT2D eigenvalue weighted by Crippen LogP contribution is 2.12. The molecule has 1 heterocycles. The average molecular weight is 275 g/mol. The van der Waals surface area contributed by atoms with Crippen LogP contribution in [0, 0.1) is 11.6 Å². The first-order valence-corrected chi connectivity index (χ1v) is 5.67. The summed E-state index contributed by atoms with van der Waals surface area (Å²) in [6.45, 7) is 0. The lowest BCUT2D eigenvalue weighted by molar-refractivity contribution is 0.501. The fraction of sp³-hybridized carbons (Fsp3) is 0. The van der Waals surface area contributed by atoms with E-state index in [0.717, 1.165) is 18.2 Å². The van der Waals surface area contributed by atoms with Crippen LogP contribution in [0.5, 0.6) is 0 Å². The summed E-state index contributed by atoms with van der Waals surface area (Å²) < 4.78 is 32.0. The van der Waals surface area contributed by atoms with Crippen molar-refractivity contribution in [3.63, 3.8) is 0 Å². The number of fused-ring (bicyclic) bond motifs is 1. The van der Waals surface area contributed by atoms with E-state index in [4.69, 9.17) is 4.42 Å². The maximum Gasteiger partial charge on any atom is 0.426 e. The minimum Gasteiger partial charge on any atom is -0.409 e. The second-order valence-electron chi connectivity index (χ2n) is 4.13. The molecule has 0 fully saturated rings. The van der Waals surface area contributed by atoms with Crippen LogP contribution in [0.3, 0.4) is 0 Å². The van der Waals surface area contributed by atoms with E-state index < -0.39 is 22.9 Å². The maximum atomic E-state index is 13.2. The minimum atomic E-state index is -0.959. The Labute approximate surface area is 110 Å². The lowest BCUT2D eigenvalue weighted by Gasteiger charge is -2.05. The second kappa shape index (κ2) is 4.41. The highest BCUT2D eigenvalue weighted by atomic mass is 19.1. The van der Waals surface area contributed by atoms with Gasteiger partial charge in [-0.1, -0.05) is 6.07 Å². The molecule has 1 aromatic heterocycles. The molecule has 0 saturated heterocycles. The predicted molar refractivity (Wildman–Crippen MR) is 68.0 cm³/mol. The number of rotatable bonds is 1. The van der Waals surface area contributed by atoms with Gasteiger partial charge in [0.2, 0.25) is 0 Å². The standard InChI is InChI=1S/C14H7F2NO3/c15-8-2-1-3-10(6-8)17-13(18)11-7-9(16)4-5-12(11)20-14(17)19/h1-7H. The van der Waals surface area contributed by atoms with Crippen LogP contribution in [0.15, 0.2) is 56.5 Å². The van der Waals surface area contributed by atoms with Crippen LogP contribution in [0.25, 0.3) is 16.7 Å². The van der Waals surface area contributed by atoms with Gasteiger partial charge in [-0.15, -0.1) is 0 Å². The SMILES string of the molecule is O=c1oc2ccc(F)cc2c(=O)n1-c1cccc(F)c1. The van der Waals surface area contributed by atoms with Crippen LogP contribution in [-0.4, -0.2) is 4.57 Å². The van der Waals surface area contributed by atoms with Gasteiger partial charge in [0, 0.05) is 0 Å². The van der Waals surface area contributed by atoms with Crippen LogP contribution < -0.4 is 11.3 Å². The van der Waals surface area contributed by atoms with Crippen molar-refractivity contribution in [2.75, 3.05) is 0 Å². The van der Waals surface area contributed by atoms with Crippen molar-refractivity contribution in [3.8, 4) is 5.69 Å². The Kier molecular flexibility index (Phi) is 2.71. The third-order valence-electron chi connectivity index (χ3n) is 2.82. The Morgan fingerprint density at radius 3 is 2.45 bits per heavy atom. The molecule has 0 atom stereocenters. The Morgan fingerprint density at radius 2 is 1.70 bits per heavy atom. The predicted octanol–water partition coefficient (Wildman–Crippen LogP) is 2.22. The zero-order chi connectivity index (χ0) is 14.3. The van der Waals surface area contributed by atoms with Gasteiger partial charge in [-0.25, -0.2) is 18.1 Å². The van der Waals surface area contributed by atoms with E-state index in [1.165, 1.54) is 24.3 Å². The quantitative estimate of drug-likeness (QED) is 0.684. The number of benzene rings is 2. The van der Waals surface area contributed by atoms with E-state index in [-0.39, 0.29) is 16.7 Å². The largest absolute Gasteiger partial charge is 0.426 e. The van der Waals surface area contributed by atoms with E-state index in [0.29, 0.717) is 4.57 Å². The second-order valence-corrected chi connectivity index (χ2v) is 4.13. The molecular weight excluding hydrogens is 268 g/mol. The van der Waals surface area contributed by atoms with Crippen LogP contribution in [-0.2, 0) is 0 Å². The molecular formula is C14H7F2NO3. The first-order chi connectivity index (χ1) is 9.56. The van der Waals surface area contributed by atoms with E-state index in [1.807, 2.05) is 0 Å². The minimum absolute atomic E-state index is 0.0194. The van der Waals surface area contributed by atoms with Gasteiger partial charge in [0.15, 0.2) is 0 Å². The molecule has 0 aliphatic carbocycles. The fourth-order valence-electron chi connectivity index (χ4n) is 1.94. The molecule has 0 N–H and O–H groups in total. The smallest absolute Gasteiger partial charge is 0.409 e. The van der Waals surface area contributed by atoms with Crippen molar-refractivity contribution in [2.24, 2.45) is 0 Å². The molecule has 0 bridgehead atoms. The molecule has 4 nitrogen and oxygen atoms in total. The summed E-state index contributed by atoms with van der Waals surface area (Å²) >= 11 is 0. The molecule has 0 spiro atoms. The van der Waals surface area contributed by atoms with Gasteiger partial charge >= 0.3 is 5.76 Å². The first-order valence-electron chi connectivity index (χ1n) is 5.67. The first kappa shape index (κ1) is 12.3. The zero-order valence-electron chi connectivity index (χ0n) is 9.97. The van der Waals surface area contributed by atoms with Gasteiger partial charge in [0.05, 0.1) is 11.1 Å². The number of nitrogens with zero attached hydrogens (tertiary/aromatic N) is 1. The summed E-state index contributed by atoms with van der Waals surface area (Å²) in [4.78, 5) is 24.1. The van der Waals surface area contributed by atoms with Crippen molar-refractivity contribution >= 4 is 11.0 Å². The van der Waals surface area contributed by atoms with E-state index >= 15 is 0 Å². The van der Waals surface area contributed by atoms with Crippen LogP contribution in [0.2, 0.25) is 0 Å². The molecule has 100 valence electrons. The molecule has 3 aromatic rings. The van der Waals surface area contributed by atoms with Gasteiger partial charge in [0.1, 0.15) is 17.2 Å².